The van der Waals surface area contributed by atoms with Crippen molar-refractivity contribution in [2.24, 2.45) is 5.73 Å². The number of hydrogen-bond acceptors (Lipinski definition) is 5. The molecule has 0 saturated carbocycles. The average molecular weight is 239 g/mol. The first kappa shape index (κ1) is 12.8. The molecule has 0 unspecified atom stereocenters. The van der Waals surface area contributed by atoms with Gasteiger partial charge in [-0.05, 0) is 23.4 Å². The lowest BCUT2D eigenvalue weighted by molar-refractivity contribution is -0.177. The fourth-order valence-corrected chi connectivity index (χ4v) is 0.999. The van der Waals surface area contributed by atoms with E-state index in [0.29, 0.717) is 19.5 Å². The Hall–Kier alpha value is -1.22. The molecule has 0 bridgehead atoms. The molecule has 1 rings (SSSR count). The Morgan fingerprint density at radius 1 is 1.38 bits per heavy atom. The Kier molecular flexibility index (Phi) is 4.62. The molecule has 1 aromatic heterocycles. The summed E-state index contributed by atoms with van der Waals surface area (Å²) in [6, 6.07) is 0. The van der Waals surface area contributed by atoms with Crippen molar-refractivity contribution in [2.75, 3.05) is 13.2 Å². The van der Waals surface area contributed by atoms with Gasteiger partial charge in [-0.2, -0.15) is 13.2 Å². The van der Waals surface area contributed by atoms with E-state index in [-0.39, 0.29) is 12.4 Å². The van der Waals surface area contributed by atoms with Crippen LogP contribution in [0.25, 0.3) is 0 Å². The molecule has 0 fully saturated rings. The third kappa shape index (κ3) is 4.53. The number of hydrogen-bond donors (Lipinski definition) is 1. The topological polar surface area (TPSA) is 78.9 Å². The van der Waals surface area contributed by atoms with E-state index >= 15 is 0 Å². The van der Waals surface area contributed by atoms with Crippen molar-refractivity contribution in [3.63, 3.8) is 0 Å². The molecule has 0 aliphatic heterocycles. The molecule has 0 aromatic carbocycles. The van der Waals surface area contributed by atoms with Gasteiger partial charge in [-0.3, -0.25) is 0 Å². The van der Waals surface area contributed by atoms with Crippen LogP contribution in [0.4, 0.5) is 13.2 Å². The van der Waals surface area contributed by atoms with Crippen molar-refractivity contribution >= 4 is 0 Å². The number of alkyl halides is 3. The second kappa shape index (κ2) is 5.75. The summed E-state index contributed by atoms with van der Waals surface area (Å²) in [5.74, 6) is 0.262. The van der Waals surface area contributed by atoms with Gasteiger partial charge in [0, 0.05) is 6.54 Å². The van der Waals surface area contributed by atoms with E-state index in [9.17, 15) is 13.2 Å². The molecule has 0 aliphatic carbocycles. The lowest BCUT2D eigenvalue weighted by Crippen LogP contribution is -2.18. The van der Waals surface area contributed by atoms with Gasteiger partial charge in [-0.15, -0.1) is 5.10 Å². The zero-order valence-corrected chi connectivity index (χ0v) is 8.44. The molecule has 16 heavy (non-hydrogen) atoms. The summed E-state index contributed by atoms with van der Waals surface area (Å²) in [5, 5.41) is 10.5. The first-order chi connectivity index (χ1) is 7.53. The van der Waals surface area contributed by atoms with E-state index in [1.54, 1.807) is 0 Å². The maximum Gasteiger partial charge on any atom is 0.411 e. The van der Waals surface area contributed by atoms with E-state index in [4.69, 9.17) is 5.73 Å². The average Bonchev–Trinajstić information content (AvgIpc) is 2.60. The first-order valence-corrected chi connectivity index (χ1v) is 4.62. The van der Waals surface area contributed by atoms with E-state index in [1.807, 2.05) is 0 Å². The highest BCUT2D eigenvalue weighted by Gasteiger charge is 2.27. The van der Waals surface area contributed by atoms with Gasteiger partial charge in [0.25, 0.3) is 0 Å². The molecule has 0 atom stereocenters. The van der Waals surface area contributed by atoms with Gasteiger partial charge in [0.1, 0.15) is 13.2 Å². The molecule has 9 heteroatoms. The number of tetrazole rings is 1. The first-order valence-electron chi connectivity index (χ1n) is 4.62. The standard InChI is InChI=1S/C7H12F3N5O/c8-7(9,10)5-16-4-6-12-13-14-15(6)3-1-2-11/h1-5,11H2. The van der Waals surface area contributed by atoms with Crippen molar-refractivity contribution in [3.05, 3.63) is 5.82 Å². The largest absolute Gasteiger partial charge is 0.411 e. The second-order valence-corrected chi connectivity index (χ2v) is 3.07. The zero-order valence-electron chi connectivity index (χ0n) is 8.44. The summed E-state index contributed by atoms with van der Waals surface area (Å²) < 4.78 is 41.2. The zero-order chi connectivity index (χ0) is 12.0. The summed E-state index contributed by atoms with van der Waals surface area (Å²) in [4.78, 5) is 0. The van der Waals surface area contributed by atoms with Crippen LogP contribution in [0.3, 0.4) is 0 Å². The van der Waals surface area contributed by atoms with Crippen molar-refractivity contribution in [2.45, 2.75) is 25.7 Å². The van der Waals surface area contributed by atoms with Crippen LogP contribution < -0.4 is 5.73 Å². The van der Waals surface area contributed by atoms with Crippen molar-refractivity contribution in [1.29, 1.82) is 0 Å². The lowest BCUT2D eigenvalue weighted by atomic mass is 10.4. The number of ether oxygens (including phenoxy) is 1. The van der Waals surface area contributed by atoms with Crippen LogP contribution in [-0.4, -0.2) is 39.5 Å². The molecule has 1 heterocycles. The predicted molar refractivity (Wildman–Crippen MR) is 47.2 cm³/mol. The van der Waals surface area contributed by atoms with Gasteiger partial charge in [0.2, 0.25) is 0 Å². The molecule has 0 radical (unpaired) electrons. The monoisotopic (exact) mass is 239 g/mol. The highest BCUT2D eigenvalue weighted by Crippen LogP contribution is 2.15. The van der Waals surface area contributed by atoms with Gasteiger partial charge in [0.15, 0.2) is 5.82 Å². The number of aryl methyl sites for hydroxylation is 1. The number of nitrogens with zero attached hydrogens (tertiary/aromatic N) is 4. The highest BCUT2D eigenvalue weighted by molar-refractivity contribution is 4.76. The Morgan fingerprint density at radius 2 is 2.12 bits per heavy atom. The van der Waals surface area contributed by atoms with Crippen LogP contribution in [0.2, 0.25) is 0 Å². The SMILES string of the molecule is NCCCn1nnnc1COCC(F)(F)F. The summed E-state index contributed by atoms with van der Waals surface area (Å²) in [6.45, 7) is -0.648. The fourth-order valence-electron chi connectivity index (χ4n) is 0.999. The van der Waals surface area contributed by atoms with Crippen LogP contribution in [0, 0.1) is 0 Å². The van der Waals surface area contributed by atoms with E-state index in [0.717, 1.165) is 0 Å². The lowest BCUT2D eigenvalue weighted by Gasteiger charge is -2.07. The number of rotatable bonds is 6. The summed E-state index contributed by atoms with van der Waals surface area (Å²) in [5.41, 5.74) is 5.29. The molecule has 0 aliphatic rings. The van der Waals surface area contributed by atoms with Gasteiger partial charge in [0.05, 0.1) is 0 Å². The minimum atomic E-state index is -4.34. The van der Waals surface area contributed by atoms with Crippen LogP contribution in [-0.2, 0) is 17.9 Å². The Balaban J connectivity index is 2.38. The van der Waals surface area contributed by atoms with Crippen molar-refractivity contribution in [1.82, 2.24) is 20.2 Å². The number of aromatic nitrogens is 4. The van der Waals surface area contributed by atoms with E-state index in [1.165, 1.54) is 4.68 Å². The molecule has 2 N–H and O–H groups in total. The third-order valence-corrected chi connectivity index (χ3v) is 1.68. The van der Waals surface area contributed by atoms with Gasteiger partial charge >= 0.3 is 6.18 Å². The number of halogens is 3. The highest BCUT2D eigenvalue weighted by atomic mass is 19.4. The van der Waals surface area contributed by atoms with E-state index in [2.05, 4.69) is 20.3 Å². The molecule has 92 valence electrons. The molecule has 0 saturated heterocycles. The number of nitrogens with two attached hydrogens (primary N) is 1. The Labute approximate surface area is 89.6 Å². The normalized spacial score (nSPS) is 12.0. The maximum atomic E-state index is 11.8. The van der Waals surface area contributed by atoms with Crippen LogP contribution in [0.5, 0.6) is 0 Å². The third-order valence-electron chi connectivity index (χ3n) is 1.68. The fraction of sp³-hybridized carbons (Fsp3) is 0.857. The quantitative estimate of drug-likeness (QED) is 0.761. The summed E-state index contributed by atoms with van der Waals surface area (Å²) in [6.07, 6.45) is -3.69. The Bertz CT molecular complexity index is 313. The summed E-state index contributed by atoms with van der Waals surface area (Å²) in [7, 11) is 0. The van der Waals surface area contributed by atoms with Crippen LogP contribution in [0.15, 0.2) is 0 Å². The molecular weight excluding hydrogens is 227 g/mol. The van der Waals surface area contributed by atoms with Crippen molar-refractivity contribution < 1.29 is 17.9 Å². The molecular formula is C7H12F3N5O. The minimum absolute atomic E-state index is 0.262. The van der Waals surface area contributed by atoms with Gasteiger partial charge < -0.3 is 10.5 Å². The summed E-state index contributed by atoms with van der Waals surface area (Å²) >= 11 is 0. The van der Waals surface area contributed by atoms with E-state index < -0.39 is 12.8 Å². The molecule has 6 nitrogen and oxygen atoms in total. The van der Waals surface area contributed by atoms with Crippen LogP contribution >= 0.6 is 0 Å². The van der Waals surface area contributed by atoms with Crippen molar-refractivity contribution in [3.8, 4) is 0 Å². The predicted octanol–water partition coefficient (Wildman–Crippen LogP) is 0.101. The maximum absolute atomic E-state index is 11.8. The second-order valence-electron chi connectivity index (χ2n) is 3.07. The smallest absolute Gasteiger partial charge is 0.364 e. The van der Waals surface area contributed by atoms with Gasteiger partial charge in [-0.1, -0.05) is 0 Å². The molecule has 0 spiro atoms. The van der Waals surface area contributed by atoms with Crippen LogP contribution in [0.1, 0.15) is 12.2 Å². The Morgan fingerprint density at radius 3 is 2.75 bits per heavy atom. The van der Waals surface area contributed by atoms with Gasteiger partial charge in [-0.25, -0.2) is 4.68 Å². The molecule has 1 aromatic rings. The minimum Gasteiger partial charge on any atom is -0.364 e. The molecule has 0 amide bonds.